The van der Waals surface area contributed by atoms with Crippen molar-refractivity contribution < 1.29 is 9.90 Å². The van der Waals surface area contributed by atoms with E-state index in [-0.39, 0.29) is 6.04 Å². The van der Waals surface area contributed by atoms with E-state index in [1.54, 1.807) is 0 Å². The minimum Gasteiger partial charge on any atom is -0.480 e. The molecule has 2 rings (SSSR count). The van der Waals surface area contributed by atoms with Gasteiger partial charge in [-0.25, -0.2) is 0 Å². The van der Waals surface area contributed by atoms with Crippen LogP contribution in [0.5, 0.6) is 0 Å². The monoisotopic (exact) mass is 296 g/mol. The van der Waals surface area contributed by atoms with Crippen molar-refractivity contribution in [2.75, 3.05) is 13.1 Å². The molecular weight excluding hydrogens is 264 g/mol. The maximum Gasteiger partial charge on any atom is 0.323 e. The Bertz CT molecular complexity index is 355. The van der Waals surface area contributed by atoms with Crippen molar-refractivity contribution in [3.05, 3.63) is 0 Å². The van der Waals surface area contributed by atoms with E-state index in [2.05, 4.69) is 17.1 Å². The van der Waals surface area contributed by atoms with E-state index in [9.17, 15) is 9.90 Å². The molecule has 0 aromatic heterocycles. The number of carboxylic acid groups (broad SMARTS) is 1. The van der Waals surface area contributed by atoms with Gasteiger partial charge in [0.25, 0.3) is 0 Å². The molecule has 0 saturated heterocycles. The standard InChI is InChI=1S/C17H32N2O2/c1-4-10-19(12-14-7-8-14)15-6-5-9-17(11-15,16(20)21)18-13(2)3/h13-15,18H,4-12H2,1-3H3,(H,20,21). The molecule has 4 nitrogen and oxygen atoms in total. The van der Waals surface area contributed by atoms with Gasteiger partial charge in [-0.05, 0) is 71.3 Å². The number of aliphatic carboxylic acids is 1. The zero-order chi connectivity index (χ0) is 15.5. The lowest BCUT2D eigenvalue weighted by molar-refractivity contribution is -0.148. The second-order valence-electron chi connectivity index (χ2n) is 7.37. The Balaban J connectivity index is 2.06. The largest absolute Gasteiger partial charge is 0.480 e. The third-order valence-corrected chi connectivity index (χ3v) is 4.92. The molecule has 0 aliphatic heterocycles. The summed E-state index contributed by atoms with van der Waals surface area (Å²) in [6.45, 7) is 8.60. The van der Waals surface area contributed by atoms with Crippen molar-refractivity contribution in [3.8, 4) is 0 Å². The van der Waals surface area contributed by atoms with Gasteiger partial charge in [0.2, 0.25) is 0 Å². The van der Waals surface area contributed by atoms with E-state index in [1.165, 1.54) is 19.4 Å². The van der Waals surface area contributed by atoms with Gasteiger partial charge in [0.1, 0.15) is 5.54 Å². The SMILES string of the molecule is CCCN(CC1CC1)C1CCCC(NC(C)C)(C(=O)O)C1. The first-order valence-corrected chi connectivity index (χ1v) is 8.72. The molecule has 2 fully saturated rings. The average molecular weight is 296 g/mol. The van der Waals surface area contributed by atoms with Crippen molar-refractivity contribution in [3.63, 3.8) is 0 Å². The van der Waals surface area contributed by atoms with Crippen LogP contribution in [0, 0.1) is 5.92 Å². The quantitative estimate of drug-likeness (QED) is 0.723. The van der Waals surface area contributed by atoms with Gasteiger partial charge in [-0.3, -0.25) is 10.1 Å². The first-order chi connectivity index (χ1) is 9.97. The molecule has 0 bridgehead atoms. The zero-order valence-electron chi connectivity index (χ0n) is 13.9. The Kier molecular flexibility index (Phi) is 5.67. The van der Waals surface area contributed by atoms with Gasteiger partial charge in [-0.1, -0.05) is 6.92 Å². The lowest BCUT2D eigenvalue weighted by Crippen LogP contribution is -2.60. The summed E-state index contributed by atoms with van der Waals surface area (Å²) in [5, 5.41) is 13.1. The van der Waals surface area contributed by atoms with Crippen LogP contribution < -0.4 is 5.32 Å². The molecule has 2 atom stereocenters. The molecule has 21 heavy (non-hydrogen) atoms. The molecular formula is C17H32N2O2. The number of nitrogens with zero attached hydrogens (tertiary/aromatic N) is 1. The minimum absolute atomic E-state index is 0.211. The van der Waals surface area contributed by atoms with Crippen LogP contribution in [-0.2, 0) is 4.79 Å². The maximum atomic E-state index is 11.9. The zero-order valence-corrected chi connectivity index (χ0v) is 13.9. The van der Waals surface area contributed by atoms with Crippen LogP contribution in [-0.4, -0.2) is 46.7 Å². The molecule has 2 saturated carbocycles. The highest BCUT2D eigenvalue weighted by atomic mass is 16.4. The molecule has 2 aliphatic carbocycles. The number of hydrogen-bond donors (Lipinski definition) is 2. The van der Waals surface area contributed by atoms with Gasteiger partial charge in [-0.2, -0.15) is 0 Å². The van der Waals surface area contributed by atoms with Gasteiger partial charge >= 0.3 is 5.97 Å². The molecule has 0 aromatic rings. The molecule has 122 valence electrons. The van der Waals surface area contributed by atoms with E-state index in [1.807, 2.05) is 13.8 Å². The van der Waals surface area contributed by atoms with E-state index in [0.717, 1.165) is 44.6 Å². The van der Waals surface area contributed by atoms with Crippen molar-refractivity contribution in [2.24, 2.45) is 5.92 Å². The summed E-state index contributed by atoms with van der Waals surface area (Å²) in [6, 6.07) is 0.643. The molecule has 2 N–H and O–H groups in total. The van der Waals surface area contributed by atoms with Crippen molar-refractivity contribution in [2.45, 2.75) is 83.3 Å². The number of hydrogen-bond acceptors (Lipinski definition) is 3. The predicted octanol–water partition coefficient (Wildman–Crippen LogP) is 2.87. The second-order valence-corrected chi connectivity index (χ2v) is 7.37. The highest BCUT2D eigenvalue weighted by Crippen LogP contribution is 2.36. The van der Waals surface area contributed by atoms with Crippen LogP contribution in [0.4, 0.5) is 0 Å². The van der Waals surface area contributed by atoms with Crippen LogP contribution in [0.3, 0.4) is 0 Å². The number of carbonyl (C=O) groups is 1. The van der Waals surface area contributed by atoms with Crippen LogP contribution in [0.2, 0.25) is 0 Å². The second kappa shape index (κ2) is 7.10. The molecule has 2 unspecified atom stereocenters. The third kappa shape index (κ3) is 4.43. The summed E-state index contributed by atoms with van der Waals surface area (Å²) in [6.07, 6.45) is 7.57. The van der Waals surface area contributed by atoms with Crippen LogP contribution in [0.1, 0.15) is 65.7 Å². The average Bonchev–Trinajstić information content (AvgIpc) is 3.21. The molecule has 2 aliphatic rings. The van der Waals surface area contributed by atoms with Gasteiger partial charge in [0, 0.05) is 18.6 Å². The fourth-order valence-electron chi connectivity index (χ4n) is 3.84. The van der Waals surface area contributed by atoms with E-state index < -0.39 is 11.5 Å². The first kappa shape index (κ1) is 16.8. The lowest BCUT2D eigenvalue weighted by Gasteiger charge is -2.44. The molecule has 0 radical (unpaired) electrons. The van der Waals surface area contributed by atoms with Gasteiger partial charge < -0.3 is 10.0 Å². The Hall–Kier alpha value is -0.610. The number of carboxylic acids is 1. The van der Waals surface area contributed by atoms with Crippen LogP contribution in [0.25, 0.3) is 0 Å². The fourth-order valence-corrected chi connectivity index (χ4v) is 3.84. The minimum atomic E-state index is -0.716. The Labute approximate surface area is 129 Å². The molecule has 4 heteroatoms. The van der Waals surface area contributed by atoms with Gasteiger partial charge in [-0.15, -0.1) is 0 Å². The number of nitrogens with one attached hydrogen (secondary N) is 1. The summed E-state index contributed by atoms with van der Waals surface area (Å²) < 4.78 is 0. The van der Waals surface area contributed by atoms with E-state index >= 15 is 0 Å². The number of rotatable bonds is 8. The van der Waals surface area contributed by atoms with Crippen LogP contribution in [0.15, 0.2) is 0 Å². The Morgan fingerprint density at radius 1 is 1.38 bits per heavy atom. The van der Waals surface area contributed by atoms with Gasteiger partial charge in [0.05, 0.1) is 0 Å². The molecule has 0 heterocycles. The van der Waals surface area contributed by atoms with E-state index in [4.69, 9.17) is 0 Å². The molecule has 0 aromatic carbocycles. The summed E-state index contributed by atoms with van der Waals surface area (Å²) in [5.41, 5.74) is -0.716. The van der Waals surface area contributed by atoms with Crippen LogP contribution >= 0.6 is 0 Å². The first-order valence-electron chi connectivity index (χ1n) is 8.72. The maximum absolute atomic E-state index is 11.9. The van der Waals surface area contributed by atoms with E-state index in [0.29, 0.717) is 6.04 Å². The highest BCUT2D eigenvalue weighted by molar-refractivity contribution is 5.79. The highest BCUT2D eigenvalue weighted by Gasteiger charge is 2.44. The smallest absolute Gasteiger partial charge is 0.323 e. The Morgan fingerprint density at radius 3 is 2.62 bits per heavy atom. The fraction of sp³-hybridized carbons (Fsp3) is 0.941. The molecule has 0 amide bonds. The normalized spacial score (nSPS) is 30.0. The summed E-state index contributed by atoms with van der Waals surface area (Å²) in [5.74, 6) is 0.208. The Morgan fingerprint density at radius 2 is 2.10 bits per heavy atom. The van der Waals surface area contributed by atoms with Crippen molar-refractivity contribution in [1.82, 2.24) is 10.2 Å². The third-order valence-electron chi connectivity index (χ3n) is 4.92. The van der Waals surface area contributed by atoms with Gasteiger partial charge in [0.15, 0.2) is 0 Å². The lowest BCUT2D eigenvalue weighted by atomic mass is 9.77. The summed E-state index contributed by atoms with van der Waals surface area (Å²) in [4.78, 5) is 14.5. The topological polar surface area (TPSA) is 52.6 Å². The van der Waals surface area contributed by atoms with Crippen molar-refractivity contribution in [1.29, 1.82) is 0 Å². The van der Waals surface area contributed by atoms with Crippen molar-refractivity contribution >= 4 is 5.97 Å². The summed E-state index contributed by atoms with van der Waals surface area (Å²) in [7, 11) is 0. The summed E-state index contributed by atoms with van der Waals surface area (Å²) >= 11 is 0. The predicted molar refractivity (Wildman–Crippen MR) is 85.5 cm³/mol. The molecule has 0 spiro atoms.